The van der Waals surface area contributed by atoms with Crippen LogP contribution in [-0.4, -0.2) is 55.9 Å². The predicted molar refractivity (Wildman–Crippen MR) is 146 cm³/mol. The van der Waals surface area contributed by atoms with E-state index >= 15 is 0 Å². The number of rotatable bonds is 10. The molecule has 0 radical (unpaired) electrons. The molecule has 1 unspecified atom stereocenters. The van der Waals surface area contributed by atoms with Gasteiger partial charge in [-0.25, -0.2) is 0 Å². The molecule has 0 aromatic heterocycles. The average molecular weight is 483 g/mol. The molecule has 0 bridgehead atoms. The zero-order valence-corrected chi connectivity index (χ0v) is 21.2. The third-order valence-electron chi connectivity index (χ3n) is 7.52. The molecule has 4 nitrogen and oxygen atoms in total. The molecule has 1 saturated heterocycles. The summed E-state index contributed by atoms with van der Waals surface area (Å²) in [7, 11) is 0. The summed E-state index contributed by atoms with van der Waals surface area (Å²) in [6, 6.07) is 32.7. The molecule has 4 heteroatoms. The fourth-order valence-electron chi connectivity index (χ4n) is 5.57. The van der Waals surface area contributed by atoms with E-state index in [0.29, 0.717) is 18.6 Å². The molecule has 1 atom stereocenters. The van der Waals surface area contributed by atoms with E-state index in [9.17, 15) is 0 Å². The van der Waals surface area contributed by atoms with Gasteiger partial charge in [0.15, 0.2) is 0 Å². The molecule has 2 aliphatic heterocycles. The molecule has 3 aromatic rings. The van der Waals surface area contributed by atoms with Crippen molar-refractivity contribution in [3.63, 3.8) is 0 Å². The number of hydrogen-bond acceptors (Lipinski definition) is 4. The predicted octanol–water partition coefficient (Wildman–Crippen LogP) is 5.92. The number of benzene rings is 3. The van der Waals surface area contributed by atoms with Gasteiger partial charge in [0.1, 0.15) is 12.0 Å². The molecule has 0 saturated carbocycles. The van der Waals surface area contributed by atoms with Crippen LogP contribution in [0.5, 0.6) is 0 Å². The van der Waals surface area contributed by atoms with Gasteiger partial charge in [-0.05, 0) is 55.6 Å². The van der Waals surface area contributed by atoms with E-state index in [1.807, 2.05) is 6.26 Å². The summed E-state index contributed by atoms with van der Waals surface area (Å²) in [5.74, 6) is 1.75. The first-order valence-electron chi connectivity index (χ1n) is 13.4. The standard InChI is InChI=1S/C32H38N2O2/c1-4-11-27(12-5-1)23-30(32-25-35-26-36-32)24-34-19-10-18-33(21-22-34)20-17-31(28-13-6-2-7-14-28)29-15-8-3-9-16-29/h1-9,11-16,25,30-31H,10,17-24,26H2. The fourth-order valence-corrected chi connectivity index (χ4v) is 5.57. The highest BCUT2D eigenvalue weighted by molar-refractivity contribution is 5.32. The average Bonchev–Trinajstić information content (AvgIpc) is 3.38. The van der Waals surface area contributed by atoms with Gasteiger partial charge in [-0.2, -0.15) is 0 Å². The molecule has 1 fully saturated rings. The van der Waals surface area contributed by atoms with Gasteiger partial charge in [0.2, 0.25) is 6.79 Å². The van der Waals surface area contributed by atoms with Gasteiger partial charge >= 0.3 is 0 Å². The molecule has 36 heavy (non-hydrogen) atoms. The minimum atomic E-state index is 0.321. The van der Waals surface area contributed by atoms with Crippen LogP contribution in [0.15, 0.2) is 103 Å². The zero-order chi connectivity index (χ0) is 24.4. The summed E-state index contributed by atoms with van der Waals surface area (Å²) in [5.41, 5.74) is 4.18. The highest BCUT2D eigenvalue weighted by Gasteiger charge is 2.25. The first kappa shape index (κ1) is 24.6. The van der Waals surface area contributed by atoms with Crippen LogP contribution in [-0.2, 0) is 15.9 Å². The van der Waals surface area contributed by atoms with E-state index < -0.39 is 0 Å². The topological polar surface area (TPSA) is 24.9 Å². The first-order valence-corrected chi connectivity index (χ1v) is 13.4. The molecule has 0 amide bonds. The van der Waals surface area contributed by atoms with Crippen molar-refractivity contribution < 1.29 is 9.47 Å². The van der Waals surface area contributed by atoms with Crippen LogP contribution in [0.2, 0.25) is 0 Å². The van der Waals surface area contributed by atoms with Gasteiger partial charge in [-0.3, -0.25) is 0 Å². The van der Waals surface area contributed by atoms with Crippen molar-refractivity contribution in [2.24, 2.45) is 5.92 Å². The second-order valence-electron chi connectivity index (χ2n) is 9.99. The summed E-state index contributed by atoms with van der Waals surface area (Å²) in [6.45, 7) is 6.99. The summed E-state index contributed by atoms with van der Waals surface area (Å²) in [6.07, 6.45) is 5.15. The Kier molecular flexibility index (Phi) is 8.72. The molecular weight excluding hydrogens is 444 g/mol. The second kappa shape index (κ2) is 12.8. The lowest BCUT2D eigenvalue weighted by Crippen LogP contribution is -2.35. The monoisotopic (exact) mass is 482 g/mol. The van der Waals surface area contributed by atoms with E-state index in [2.05, 4.69) is 101 Å². The van der Waals surface area contributed by atoms with Crippen molar-refractivity contribution in [1.29, 1.82) is 0 Å². The minimum absolute atomic E-state index is 0.321. The van der Waals surface area contributed by atoms with E-state index in [1.54, 1.807) is 0 Å². The maximum Gasteiger partial charge on any atom is 0.229 e. The second-order valence-corrected chi connectivity index (χ2v) is 9.99. The minimum Gasteiger partial charge on any atom is -0.462 e. The third-order valence-corrected chi connectivity index (χ3v) is 7.52. The van der Waals surface area contributed by atoms with Gasteiger partial charge in [0.25, 0.3) is 0 Å². The molecule has 5 rings (SSSR count). The Morgan fingerprint density at radius 2 is 1.31 bits per heavy atom. The maximum atomic E-state index is 5.83. The van der Waals surface area contributed by atoms with Gasteiger partial charge < -0.3 is 19.3 Å². The van der Waals surface area contributed by atoms with Crippen LogP contribution < -0.4 is 0 Å². The van der Waals surface area contributed by atoms with E-state index in [4.69, 9.17) is 9.47 Å². The first-order chi connectivity index (χ1) is 17.8. The van der Waals surface area contributed by atoms with E-state index in [0.717, 1.165) is 51.3 Å². The lowest BCUT2D eigenvalue weighted by molar-refractivity contribution is 0.0662. The molecular formula is C32H38N2O2. The zero-order valence-electron chi connectivity index (χ0n) is 21.2. The summed E-state index contributed by atoms with van der Waals surface area (Å²) < 4.78 is 11.3. The van der Waals surface area contributed by atoms with Gasteiger partial charge in [-0.15, -0.1) is 0 Å². The Hall–Kier alpha value is -3.08. The Balaban J connectivity index is 1.18. The lowest BCUT2D eigenvalue weighted by Gasteiger charge is -2.27. The van der Waals surface area contributed by atoms with Crippen molar-refractivity contribution in [2.75, 3.05) is 46.1 Å². The largest absolute Gasteiger partial charge is 0.462 e. The van der Waals surface area contributed by atoms with E-state index in [-0.39, 0.29) is 0 Å². The lowest BCUT2D eigenvalue weighted by atomic mass is 9.88. The smallest absolute Gasteiger partial charge is 0.229 e. The van der Waals surface area contributed by atoms with Crippen molar-refractivity contribution in [3.8, 4) is 0 Å². The van der Waals surface area contributed by atoms with Crippen LogP contribution in [0.3, 0.4) is 0 Å². The SMILES string of the molecule is C1=C(C(Cc2ccccc2)CN2CCCN(CCC(c3ccccc3)c3ccccc3)CC2)OCO1. The highest BCUT2D eigenvalue weighted by Crippen LogP contribution is 2.28. The quantitative estimate of drug-likeness (QED) is 0.358. The maximum absolute atomic E-state index is 5.83. The van der Waals surface area contributed by atoms with Gasteiger partial charge in [0, 0.05) is 31.5 Å². The van der Waals surface area contributed by atoms with Crippen molar-refractivity contribution in [3.05, 3.63) is 120 Å². The van der Waals surface area contributed by atoms with Crippen LogP contribution in [0, 0.1) is 5.92 Å². The summed E-state index contributed by atoms with van der Waals surface area (Å²) in [5, 5.41) is 0. The van der Waals surface area contributed by atoms with Crippen molar-refractivity contribution >= 4 is 0 Å². The molecule has 0 aliphatic carbocycles. The number of nitrogens with zero attached hydrogens (tertiary/aromatic N) is 2. The van der Waals surface area contributed by atoms with Crippen LogP contribution in [0.1, 0.15) is 35.4 Å². The Labute approximate surface area is 216 Å². The fraction of sp³-hybridized carbons (Fsp3) is 0.375. The van der Waals surface area contributed by atoms with Crippen LogP contribution >= 0.6 is 0 Å². The molecule has 188 valence electrons. The van der Waals surface area contributed by atoms with Crippen molar-refractivity contribution in [2.45, 2.75) is 25.2 Å². The van der Waals surface area contributed by atoms with Crippen LogP contribution in [0.4, 0.5) is 0 Å². The Bertz CT molecular complexity index is 1030. The molecule has 0 N–H and O–H groups in total. The molecule has 0 spiro atoms. The van der Waals surface area contributed by atoms with Gasteiger partial charge in [-0.1, -0.05) is 91.0 Å². The third kappa shape index (κ3) is 6.77. The Morgan fingerprint density at radius 3 is 1.94 bits per heavy atom. The summed E-state index contributed by atoms with van der Waals surface area (Å²) >= 11 is 0. The number of ether oxygens (including phenoxy) is 2. The van der Waals surface area contributed by atoms with Crippen molar-refractivity contribution in [1.82, 2.24) is 9.80 Å². The van der Waals surface area contributed by atoms with Gasteiger partial charge in [0.05, 0.1) is 0 Å². The molecule has 3 aromatic carbocycles. The molecule has 2 heterocycles. The highest BCUT2D eigenvalue weighted by atomic mass is 16.7. The summed E-state index contributed by atoms with van der Waals surface area (Å²) in [4.78, 5) is 5.29. The van der Waals surface area contributed by atoms with Crippen LogP contribution in [0.25, 0.3) is 0 Å². The van der Waals surface area contributed by atoms with E-state index in [1.165, 1.54) is 29.7 Å². The normalized spacial score (nSPS) is 17.8. The number of hydrogen-bond donors (Lipinski definition) is 0. The Morgan fingerprint density at radius 1 is 0.694 bits per heavy atom. The molecule has 2 aliphatic rings.